The molecule has 0 aromatic rings. The van der Waals surface area contributed by atoms with Gasteiger partial charge in [-0.05, 0) is 38.5 Å². The monoisotopic (exact) mass is 225 g/mol. The van der Waals surface area contributed by atoms with Crippen molar-refractivity contribution < 1.29 is 4.79 Å². The molecule has 2 heteroatoms. The zero-order valence-corrected chi connectivity index (χ0v) is 11.1. The topological polar surface area (TPSA) is 29.1 Å². The Labute approximate surface area is 100 Å². The van der Waals surface area contributed by atoms with E-state index in [1.165, 1.54) is 32.1 Å². The lowest BCUT2D eigenvalue weighted by atomic mass is 9.86. The van der Waals surface area contributed by atoms with Crippen molar-refractivity contribution in [2.24, 2.45) is 5.92 Å². The average molecular weight is 225 g/mol. The summed E-state index contributed by atoms with van der Waals surface area (Å²) in [6, 6.07) is 0. The van der Waals surface area contributed by atoms with Crippen LogP contribution in [0.1, 0.15) is 72.1 Å². The number of hydrogen-bond donors (Lipinski definition) is 1. The summed E-state index contributed by atoms with van der Waals surface area (Å²) in [5.74, 6) is 0.907. The molecule has 0 saturated heterocycles. The minimum atomic E-state index is 0.00570. The van der Waals surface area contributed by atoms with Crippen LogP contribution in [0.15, 0.2) is 0 Å². The van der Waals surface area contributed by atoms with Gasteiger partial charge < -0.3 is 5.32 Å². The second-order valence-electron chi connectivity index (χ2n) is 5.52. The van der Waals surface area contributed by atoms with Crippen molar-refractivity contribution in [2.45, 2.75) is 77.7 Å². The Bertz CT molecular complexity index is 215. The fourth-order valence-electron chi connectivity index (χ4n) is 2.47. The molecule has 1 N–H and O–H groups in total. The first-order valence-corrected chi connectivity index (χ1v) is 6.90. The van der Waals surface area contributed by atoms with Gasteiger partial charge in [-0.3, -0.25) is 4.79 Å². The lowest BCUT2D eigenvalue weighted by Gasteiger charge is -2.30. The summed E-state index contributed by atoms with van der Waals surface area (Å²) in [5, 5.41) is 3.20. The van der Waals surface area contributed by atoms with Crippen LogP contribution in [0.2, 0.25) is 0 Å². The molecule has 0 aromatic carbocycles. The highest BCUT2D eigenvalue weighted by molar-refractivity contribution is 5.77. The number of carbonyl (C=O) groups is 1. The molecule has 0 unspecified atom stereocenters. The number of rotatable bonds is 5. The zero-order valence-electron chi connectivity index (χ0n) is 11.1. The lowest BCUT2D eigenvalue weighted by Crippen LogP contribution is -2.45. The SMILES string of the molecule is CCC(C)(CC)NC(=O)CC1CCCCC1. The molecule has 16 heavy (non-hydrogen) atoms. The highest BCUT2D eigenvalue weighted by Crippen LogP contribution is 2.26. The van der Waals surface area contributed by atoms with Gasteiger partial charge in [-0.1, -0.05) is 33.1 Å². The third-order valence-electron chi connectivity index (χ3n) is 4.20. The molecule has 2 nitrogen and oxygen atoms in total. The first-order chi connectivity index (χ1) is 7.59. The molecule has 1 aliphatic rings. The van der Waals surface area contributed by atoms with Crippen LogP contribution >= 0.6 is 0 Å². The maximum absolute atomic E-state index is 11.9. The maximum Gasteiger partial charge on any atom is 0.220 e. The molecule has 0 aliphatic heterocycles. The molecule has 1 fully saturated rings. The minimum Gasteiger partial charge on any atom is -0.351 e. The van der Waals surface area contributed by atoms with Gasteiger partial charge >= 0.3 is 0 Å². The average Bonchev–Trinajstić information content (AvgIpc) is 2.30. The molecule has 0 atom stereocenters. The summed E-state index contributed by atoms with van der Waals surface area (Å²) < 4.78 is 0. The fourth-order valence-corrected chi connectivity index (χ4v) is 2.47. The molecule has 0 spiro atoms. The summed E-state index contributed by atoms with van der Waals surface area (Å²) in [6.07, 6.45) is 9.27. The predicted molar refractivity (Wildman–Crippen MR) is 68.3 cm³/mol. The van der Waals surface area contributed by atoms with Gasteiger partial charge in [-0.2, -0.15) is 0 Å². The van der Waals surface area contributed by atoms with Crippen molar-refractivity contribution in [3.8, 4) is 0 Å². The van der Waals surface area contributed by atoms with Crippen molar-refractivity contribution in [3.63, 3.8) is 0 Å². The van der Waals surface area contributed by atoms with Crippen LogP contribution in [0, 0.1) is 5.92 Å². The largest absolute Gasteiger partial charge is 0.351 e. The molecule has 0 aromatic heterocycles. The summed E-state index contributed by atoms with van der Waals surface area (Å²) >= 11 is 0. The van der Waals surface area contributed by atoms with Gasteiger partial charge in [-0.25, -0.2) is 0 Å². The normalized spacial score (nSPS) is 18.4. The van der Waals surface area contributed by atoms with Crippen LogP contribution in [0.3, 0.4) is 0 Å². The Morgan fingerprint density at radius 1 is 1.19 bits per heavy atom. The van der Waals surface area contributed by atoms with Crippen molar-refractivity contribution in [1.29, 1.82) is 0 Å². The van der Waals surface area contributed by atoms with Crippen LogP contribution in [-0.2, 0) is 4.79 Å². The molecule has 0 radical (unpaired) electrons. The first kappa shape index (κ1) is 13.5. The van der Waals surface area contributed by atoms with Gasteiger partial charge in [0.25, 0.3) is 0 Å². The number of nitrogens with one attached hydrogen (secondary N) is 1. The molecule has 1 amide bonds. The zero-order chi connectivity index (χ0) is 12.0. The Kier molecular flexibility index (Phi) is 5.30. The van der Waals surface area contributed by atoms with Gasteiger partial charge in [0.1, 0.15) is 0 Å². The molecule has 1 rings (SSSR count). The Balaban J connectivity index is 2.34. The Morgan fingerprint density at radius 2 is 1.75 bits per heavy atom. The highest BCUT2D eigenvalue weighted by Gasteiger charge is 2.24. The van der Waals surface area contributed by atoms with Crippen LogP contribution < -0.4 is 5.32 Å². The maximum atomic E-state index is 11.9. The van der Waals surface area contributed by atoms with E-state index in [-0.39, 0.29) is 11.4 Å². The Hall–Kier alpha value is -0.530. The third kappa shape index (κ3) is 4.15. The highest BCUT2D eigenvalue weighted by atomic mass is 16.1. The third-order valence-corrected chi connectivity index (χ3v) is 4.20. The standard InChI is InChI=1S/C14H27NO/c1-4-14(3,5-2)15-13(16)11-12-9-7-6-8-10-12/h12H,4-11H2,1-3H3,(H,15,16). The van der Waals surface area contributed by atoms with E-state index < -0.39 is 0 Å². The van der Waals surface area contributed by atoms with E-state index in [0.717, 1.165) is 19.3 Å². The van der Waals surface area contributed by atoms with Gasteiger partial charge in [0.15, 0.2) is 0 Å². The van der Waals surface area contributed by atoms with E-state index in [0.29, 0.717) is 5.92 Å². The predicted octanol–water partition coefficient (Wildman–Crippen LogP) is 3.65. The smallest absolute Gasteiger partial charge is 0.220 e. The van der Waals surface area contributed by atoms with Gasteiger partial charge in [-0.15, -0.1) is 0 Å². The molecule has 94 valence electrons. The molecular weight excluding hydrogens is 198 g/mol. The van der Waals surface area contributed by atoms with Crippen molar-refractivity contribution in [1.82, 2.24) is 5.32 Å². The summed E-state index contributed by atoms with van der Waals surface area (Å²) in [5.41, 5.74) is 0.00570. The van der Waals surface area contributed by atoms with Gasteiger partial charge in [0.2, 0.25) is 5.91 Å². The molecular formula is C14H27NO. The second kappa shape index (κ2) is 6.27. The van der Waals surface area contributed by atoms with E-state index in [1.807, 2.05) is 0 Å². The quantitative estimate of drug-likeness (QED) is 0.760. The lowest BCUT2D eigenvalue weighted by molar-refractivity contribution is -0.124. The van der Waals surface area contributed by atoms with Crippen LogP contribution in [0.4, 0.5) is 0 Å². The summed E-state index contributed by atoms with van der Waals surface area (Å²) in [4.78, 5) is 11.9. The van der Waals surface area contributed by atoms with Crippen molar-refractivity contribution >= 4 is 5.91 Å². The number of amides is 1. The van der Waals surface area contributed by atoms with E-state index in [1.54, 1.807) is 0 Å². The van der Waals surface area contributed by atoms with Gasteiger partial charge in [0, 0.05) is 12.0 Å². The van der Waals surface area contributed by atoms with Crippen LogP contribution in [-0.4, -0.2) is 11.4 Å². The van der Waals surface area contributed by atoms with E-state index in [4.69, 9.17) is 0 Å². The molecule has 0 bridgehead atoms. The van der Waals surface area contributed by atoms with Crippen molar-refractivity contribution in [3.05, 3.63) is 0 Å². The summed E-state index contributed by atoms with van der Waals surface area (Å²) in [7, 11) is 0. The van der Waals surface area contributed by atoms with Crippen molar-refractivity contribution in [2.75, 3.05) is 0 Å². The molecule has 1 aliphatic carbocycles. The first-order valence-electron chi connectivity index (χ1n) is 6.90. The molecule has 1 saturated carbocycles. The summed E-state index contributed by atoms with van der Waals surface area (Å²) in [6.45, 7) is 6.43. The van der Waals surface area contributed by atoms with Crippen LogP contribution in [0.5, 0.6) is 0 Å². The number of carbonyl (C=O) groups excluding carboxylic acids is 1. The fraction of sp³-hybridized carbons (Fsp3) is 0.929. The minimum absolute atomic E-state index is 0.00570. The molecule has 0 heterocycles. The van der Waals surface area contributed by atoms with E-state index in [2.05, 4.69) is 26.1 Å². The van der Waals surface area contributed by atoms with Crippen LogP contribution in [0.25, 0.3) is 0 Å². The Morgan fingerprint density at radius 3 is 2.25 bits per heavy atom. The van der Waals surface area contributed by atoms with E-state index in [9.17, 15) is 4.79 Å². The second-order valence-corrected chi connectivity index (χ2v) is 5.52. The number of hydrogen-bond acceptors (Lipinski definition) is 1. The van der Waals surface area contributed by atoms with E-state index >= 15 is 0 Å². The van der Waals surface area contributed by atoms with Gasteiger partial charge in [0.05, 0.1) is 0 Å².